The third-order valence-electron chi connectivity index (χ3n) is 3.11. The van der Waals surface area contributed by atoms with Gasteiger partial charge in [-0.2, -0.15) is 0 Å². The van der Waals surface area contributed by atoms with Gasteiger partial charge in [0.05, 0.1) is 16.9 Å². The zero-order chi connectivity index (χ0) is 16.6. The molecule has 1 aliphatic heterocycles. The van der Waals surface area contributed by atoms with Crippen LogP contribution in [-0.2, 0) is 9.59 Å². The summed E-state index contributed by atoms with van der Waals surface area (Å²) in [6.45, 7) is 0. The van der Waals surface area contributed by atoms with E-state index >= 15 is 0 Å². The molecule has 1 aromatic rings. The number of nitrogens with zero attached hydrogens (tertiary/aromatic N) is 2. The predicted molar refractivity (Wildman–Crippen MR) is 68.8 cm³/mol. The number of benzene rings is 1. The maximum absolute atomic E-state index is 12.2. The first-order valence-corrected chi connectivity index (χ1v) is 5.92. The minimum atomic E-state index is -1.82. The van der Waals surface area contributed by atoms with Crippen molar-refractivity contribution in [3.05, 3.63) is 39.4 Å². The largest absolute Gasteiger partial charge is 0.480 e. The quantitative estimate of drug-likeness (QED) is 0.421. The number of carbonyl (C=O) groups excluding carboxylic acids is 3. The summed E-state index contributed by atoms with van der Waals surface area (Å²) in [6.07, 6.45) is -0.783. The lowest BCUT2D eigenvalue weighted by Crippen LogP contribution is -2.46. The summed E-state index contributed by atoms with van der Waals surface area (Å²) in [4.78, 5) is 56.9. The number of nitrogens with two attached hydrogens (primary N) is 1. The maximum Gasteiger partial charge on any atom is 0.327 e. The van der Waals surface area contributed by atoms with Crippen molar-refractivity contribution in [1.82, 2.24) is 4.90 Å². The molecule has 2 rings (SSSR count). The van der Waals surface area contributed by atoms with Gasteiger partial charge in [-0.05, 0) is 6.07 Å². The molecular formula is C12H9N3O7. The molecule has 0 radical (unpaired) electrons. The third-order valence-corrected chi connectivity index (χ3v) is 3.11. The first kappa shape index (κ1) is 15.1. The molecule has 10 heteroatoms. The average molecular weight is 307 g/mol. The lowest BCUT2D eigenvalue weighted by molar-refractivity contribution is -0.385. The number of nitro benzene ring substituents is 1. The van der Waals surface area contributed by atoms with Gasteiger partial charge in [0.25, 0.3) is 17.5 Å². The minimum Gasteiger partial charge on any atom is -0.480 e. The van der Waals surface area contributed by atoms with Crippen LogP contribution in [0.3, 0.4) is 0 Å². The second-order valence-electron chi connectivity index (χ2n) is 4.46. The Morgan fingerprint density at radius 3 is 2.45 bits per heavy atom. The molecule has 0 aliphatic carbocycles. The molecule has 1 aromatic carbocycles. The lowest BCUT2D eigenvalue weighted by Gasteiger charge is -2.20. The molecule has 1 aliphatic rings. The molecule has 0 saturated carbocycles. The van der Waals surface area contributed by atoms with Crippen molar-refractivity contribution in [3.8, 4) is 0 Å². The number of carbonyl (C=O) groups is 4. The summed E-state index contributed by atoms with van der Waals surface area (Å²) in [7, 11) is 0. The van der Waals surface area contributed by atoms with Crippen molar-refractivity contribution in [2.24, 2.45) is 5.73 Å². The van der Waals surface area contributed by atoms with E-state index < -0.39 is 52.3 Å². The van der Waals surface area contributed by atoms with Gasteiger partial charge in [-0.3, -0.25) is 29.4 Å². The molecule has 3 N–H and O–H groups in total. The number of nitro groups is 1. The van der Waals surface area contributed by atoms with Gasteiger partial charge in [0.15, 0.2) is 0 Å². The number of imide groups is 1. The first-order chi connectivity index (χ1) is 10.3. The van der Waals surface area contributed by atoms with Crippen LogP contribution in [0.4, 0.5) is 5.69 Å². The van der Waals surface area contributed by atoms with Crippen molar-refractivity contribution >= 4 is 29.4 Å². The van der Waals surface area contributed by atoms with Crippen LogP contribution >= 0.6 is 0 Å². The lowest BCUT2D eigenvalue weighted by atomic mass is 10.1. The van der Waals surface area contributed by atoms with Crippen molar-refractivity contribution in [1.29, 1.82) is 0 Å². The fraction of sp³-hybridized carbons (Fsp3) is 0.167. The number of rotatable bonds is 5. The Hall–Kier alpha value is -3.30. The standard InChI is InChI=1S/C12H9N3O7/c13-8(16)4-7(12(19)20)14-10(17)5-2-1-3-6(15(21)22)9(5)11(14)18/h1-3,7H,4H2,(H2,13,16)(H,19,20). The van der Waals surface area contributed by atoms with Gasteiger partial charge in [0.1, 0.15) is 11.6 Å². The number of aliphatic carboxylic acids is 1. The van der Waals surface area contributed by atoms with Gasteiger partial charge in [-0.15, -0.1) is 0 Å². The zero-order valence-electron chi connectivity index (χ0n) is 10.9. The molecule has 0 aromatic heterocycles. The Kier molecular flexibility index (Phi) is 3.59. The van der Waals surface area contributed by atoms with Crippen molar-refractivity contribution in [2.75, 3.05) is 0 Å². The summed E-state index contributed by atoms with van der Waals surface area (Å²) >= 11 is 0. The van der Waals surface area contributed by atoms with E-state index in [1.807, 2.05) is 0 Å². The number of primary amides is 1. The molecule has 0 saturated heterocycles. The van der Waals surface area contributed by atoms with E-state index in [9.17, 15) is 29.3 Å². The number of fused-ring (bicyclic) bond motifs is 1. The Labute approximate surface area is 122 Å². The molecular weight excluding hydrogens is 298 g/mol. The van der Waals surface area contributed by atoms with Gasteiger partial charge >= 0.3 is 5.97 Å². The highest BCUT2D eigenvalue weighted by Gasteiger charge is 2.46. The highest BCUT2D eigenvalue weighted by molar-refractivity contribution is 6.24. The second-order valence-corrected chi connectivity index (χ2v) is 4.46. The number of hydrogen-bond acceptors (Lipinski definition) is 6. The summed E-state index contributed by atoms with van der Waals surface area (Å²) < 4.78 is 0. The van der Waals surface area contributed by atoms with Crippen LogP contribution < -0.4 is 5.73 Å². The molecule has 3 amide bonds. The van der Waals surface area contributed by atoms with Crippen LogP contribution in [0.25, 0.3) is 0 Å². The van der Waals surface area contributed by atoms with E-state index in [0.717, 1.165) is 6.07 Å². The van der Waals surface area contributed by atoms with Crippen LogP contribution in [0.1, 0.15) is 27.1 Å². The smallest absolute Gasteiger partial charge is 0.327 e. The summed E-state index contributed by atoms with van der Waals surface area (Å²) in [5, 5.41) is 20.0. The van der Waals surface area contributed by atoms with E-state index in [2.05, 4.69) is 0 Å². The molecule has 114 valence electrons. The normalized spacial score (nSPS) is 14.6. The van der Waals surface area contributed by atoms with E-state index in [-0.39, 0.29) is 5.56 Å². The average Bonchev–Trinajstić information content (AvgIpc) is 2.68. The molecule has 0 fully saturated rings. The van der Waals surface area contributed by atoms with Crippen LogP contribution in [0.5, 0.6) is 0 Å². The van der Waals surface area contributed by atoms with Crippen molar-refractivity contribution in [3.63, 3.8) is 0 Å². The molecule has 0 spiro atoms. The summed E-state index contributed by atoms with van der Waals surface area (Å²) in [5.74, 6) is -4.80. The van der Waals surface area contributed by atoms with Gasteiger partial charge < -0.3 is 10.8 Å². The van der Waals surface area contributed by atoms with E-state index in [4.69, 9.17) is 10.8 Å². The molecule has 1 atom stereocenters. The zero-order valence-corrected chi connectivity index (χ0v) is 10.9. The van der Waals surface area contributed by atoms with E-state index in [0.29, 0.717) is 4.90 Å². The van der Waals surface area contributed by atoms with E-state index in [1.165, 1.54) is 12.1 Å². The van der Waals surface area contributed by atoms with Crippen molar-refractivity contribution < 1.29 is 29.2 Å². The third kappa shape index (κ3) is 2.26. The van der Waals surface area contributed by atoms with Crippen LogP contribution in [-0.4, -0.2) is 44.7 Å². The summed E-state index contributed by atoms with van der Waals surface area (Å²) in [5.41, 5.74) is 3.53. The number of hydrogen-bond donors (Lipinski definition) is 2. The van der Waals surface area contributed by atoms with Gasteiger partial charge in [0, 0.05) is 6.07 Å². The SMILES string of the molecule is NC(=O)CC(C(=O)O)N1C(=O)c2cccc([N+](=O)[O-])c2C1=O. The van der Waals surface area contributed by atoms with E-state index in [1.54, 1.807) is 0 Å². The fourth-order valence-electron chi connectivity index (χ4n) is 2.20. The highest BCUT2D eigenvalue weighted by atomic mass is 16.6. The van der Waals surface area contributed by atoms with Crippen molar-refractivity contribution in [2.45, 2.75) is 12.5 Å². The molecule has 10 nitrogen and oxygen atoms in total. The predicted octanol–water partition coefficient (Wildman–Crippen LogP) is -0.481. The first-order valence-electron chi connectivity index (χ1n) is 5.92. The minimum absolute atomic E-state index is 0.282. The van der Waals surface area contributed by atoms with Gasteiger partial charge in [-0.25, -0.2) is 4.79 Å². The number of carboxylic acids is 1. The molecule has 0 bridgehead atoms. The fourth-order valence-corrected chi connectivity index (χ4v) is 2.20. The molecule has 22 heavy (non-hydrogen) atoms. The Bertz CT molecular complexity index is 727. The Balaban J connectivity index is 2.55. The van der Waals surface area contributed by atoms with Crippen LogP contribution in [0.15, 0.2) is 18.2 Å². The number of carboxylic acid groups (broad SMARTS) is 1. The number of amides is 3. The monoisotopic (exact) mass is 307 g/mol. The Morgan fingerprint density at radius 1 is 1.32 bits per heavy atom. The maximum atomic E-state index is 12.2. The molecule has 1 unspecified atom stereocenters. The summed E-state index contributed by atoms with van der Waals surface area (Å²) in [6, 6.07) is 1.59. The highest BCUT2D eigenvalue weighted by Crippen LogP contribution is 2.32. The second kappa shape index (κ2) is 5.24. The Morgan fingerprint density at radius 2 is 1.95 bits per heavy atom. The van der Waals surface area contributed by atoms with Gasteiger partial charge in [0.2, 0.25) is 5.91 Å². The van der Waals surface area contributed by atoms with Crippen LogP contribution in [0.2, 0.25) is 0 Å². The topological polar surface area (TPSA) is 161 Å². The van der Waals surface area contributed by atoms with Gasteiger partial charge in [-0.1, -0.05) is 6.07 Å². The molecule has 1 heterocycles. The van der Waals surface area contributed by atoms with Crippen LogP contribution in [0, 0.1) is 10.1 Å².